The summed E-state index contributed by atoms with van der Waals surface area (Å²) in [5.41, 5.74) is 4.01. The first-order chi connectivity index (χ1) is 16.6. The molecule has 1 aliphatic heterocycles. The molecule has 0 aliphatic carbocycles. The lowest BCUT2D eigenvalue weighted by atomic mass is 10.1. The van der Waals surface area contributed by atoms with Gasteiger partial charge in [-0.15, -0.1) is 0 Å². The molecule has 1 atom stereocenters. The van der Waals surface area contributed by atoms with Gasteiger partial charge in [0.05, 0.1) is 47.5 Å². The van der Waals surface area contributed by atoms with Crippen molar-refractivity contribution in [1.82, 2.24) is 0 Å². The fourth-order valence-corrected chi connectivity index (χ4v) is 4.27. The molecular weight excluding hydrogens is 464 g/mol. The van der Waals surface area contributed by atoms with Gasteiger partial charge in [-0.3, -0.25) is 4.79 Å². The number of carbonyl (C=O) groups excluding carboxylic acids is 1. The van der Waals surface area contributed by atoms with Crippen molar-refractivity contribution in [2.75, 3.05) is 45.9 Å². The van der Waals surface area contributed by atoms with Crippen LogP contribution in [0.3, 0.4) is 0 Å². The average Bonchev–Trinajstić information content (AvgIpc) is 3.22. The Morgan fingerprint density at radius 2 is 1.66 bits per heavy atom. The van der Waals surface area contributed by atoms with E-state index in [9.17, 15) is 4.79 Å². The van der Waals surface area contributed by atoms with E-state index in [1.807, 2.05) is 65.6 Å². The Hall–Kier alpha value is -3.22. The van der Waals surface area contributed by atoms with Crippen LogP contribution in [0.25, 0.3) is 0 Å². The molecule has 3 aromatic rings. The van der Waals surface area contributed by atoms with Gasteiger partial charge in [-0.2, -0.15) is 0 Å². The van der Waals surface area contributed by atoms with Crippen LogP contribution in [-0.4, -0.2) is 46.9 Å². The Labute approximate surface area is 213 Å². The molecule has 1 amide bonds. The first-order valence-corrected chi connectivity index (χ1v) is 11.7. The number of rotatable bonds is 11. The predicted molar refractivity (Wildman–Crippen MR) is 133 cm³/mol. The molecule has 1 unspecified atom stereocenters. The van der Waals surface area contributed by atoms with Crippen molar-refractivity contribution in [3.8, 4) is 17.2 Å². The molecule has 0 radical (unpaired) electrons. The third-order valence-electron chi connectivity index (χ3n) is 6.27. The highest BCUT2D eigenvalue weighted by atomic mass is 35.5. The number of methoxy groups -OCH3 is 2. The van der Waals surface area contributed by atoms with Crippen molar-refractivity contribution in [2.24, 2.45) is 0 Å². The number of nitrogens with one attached hydrogen (secondary N) is 1. The summed E-state index contributed by atoms with van der Waals surface area (Å²) in [6.45, 7) is 3.36. The van der Waals surface area contributed by atoms with Crippen LogP contribution >= 0.6 is 0 Å². The average molecular weight is 497 g/mol. The molecular formula is C28H33ClN2O4. The summed E-state index contributed by atoms with van der Waals surface area (Å²) < 4.78 is 16.6. The topological polar surface area (TPSA) is 52.4 Å². The Morgan fingerprint density at radius 3 is 2.37 bits per heavy atom. The maximum atomic E-state index is 12.6. The highest BCUT2D eigenvalue weighted by Gasteiger charge is 2.27. The summed E-state index contributed by atoms with van der Waals surface area (Å²) in [6.07, 6.45) is 1.95. The Bertz CT molecular complexity index is 1120. The first kappa shape index (κ1) is 26.4. The number of hydrogen-bond acceptors (Lipinski definition) is 4. The minimum atomic E-state index is 0. The summed E-state index contributed by atoms with van der Waals surface area (Å²) in [6, 6.07) is 21.7. The molecule has 0 fully saturated rings. The van der Waals surface area contributed by atoms with Crippen molar-refractivity contribution in [3.05, 3.63) is 83.4 Å². The van der Waals surface area contributed by atoms with Crippen LogP contribution in [0.1, 0.15) is 27.9 Å². The number of carbonyl (C=O) groups is 1. The lowest BCUT2D eigenvalue weighted by Crippen LogP contribution is -3.09. The van der Waals surface area contributed by atoms with Crippen molar-refractivity contribution in [1.29, 1.82) is 0 Å². The second kappa shape index (κ2) is 12.5. The van der Waals surface area contributed by atoms with Crippen LogP contribution in [-0.2, 0) is 13.0 Å². The summed E-state index contributed by atoms with van der Waals surface area (Å²) in [7, 11) is 5.53. The lowest BCUT2D eigenvalue weighted by molar-refractivity contribution is -0.879. The normalized spacial score (nSPS) is 13.1. The minimum absolute atomic E-state index is 0. The van der Waals surface area contributed by atoms with Crippen molar-refractivity contribution in [2.45, 2.75) is 19.4 Å². The van der Waals surface area contributed by atoms with E-state index in [-0.39, 0.29) is 18.3 Å². The number of benzene rings is 3. The Kier molecular flexibility index (Phi) is 9.40. The fourth-order valence-electron chi connectivity index (χ4n) is 4.27. The van der Waals surface area contributed by atoms with Crippen LogP contribution in [0, 0.1) is 0 Å². The third-order valence-corrected chi connectivity index (χ3v) is 6.27. The van der Waals surface area contributed by atoms with E-state index in [2.05, 4.69) is 13.1 Å². The monoisotopic (exact) mass is 496 g/mol. The molecule has 6 nitrogen and oxygen atoms in total. The van der Waals surface area contributed by atoms with Crippen LogP contribution in [0.2, 0.25) is 0 Å². The van der Waals surface area contributed by atoms with Crippen LogP contribution in [0.15, 0.2) is 66.7 Å². The SMILES string of the molecule is COc1ccc(CC[NH+](C)CCCOc2ccc(N3Cc4ccccc4C3=O)cc2)cc1OC.[Cl-]. The number of ether oxygens (including phenoxy) is 3. The number of anilines is 1. The van der Waals surface area contributed by atoms with Crippen LogP contribution in [0.4, 0.5) is 5.69 Å². The summed E-state index contributed by atoms with van der Waals surface area (Å²) in [5, 5.41) is 0. The van der Waals surface area contributed by atoms with Gasteiger partial charge in [0.25, 0.3) is 5.91 Å². The summed E-state index contributed by atoms with van der Waals surface area (Å²) in [4.78, 5) is 15.9. The first-order valence-electron chi connectivity index (χ1n) is 11.7. The van der Waals surface area contributed by atoms with E-state index < -0.39 is 0 Å². The number of fused-ring (bicyclic) bond motifs is 1. The Balaban J connectivity index is 0.00000342. The quantitative estimate of drug-likeness (QED) is 0.390. The summed E-state index contributed by atoms with van der Waals surface area (Å²) >= 11 is 0. The Morgan fingerprint density at radius 1 is 0.914 bits per heavy atom. The standard InChI is InChI=1S/C28H32N2O4.ClH/c1-29(17-15-21-9-14-26(32-2)27(19-21)33-3)16-6-18-34-24-12-10-23(11-13-24)30-20-22-7-4-5-8-25(22)28(30)31;/h4-5,7-14,19H,6,15-18,20H2,1-3H3;1H. The molecule has 0 aromatic heterocycles. The smallest absolute Gasteiger partial charge is 0.258 e. The molecule has 35 heavy (non-hydrogen) atoms. The van der Waals surface area contributed by atoms with Gasteiger partial charge in [0.2, 0.25) is 0 Å². The third kappa shape index (κ3) is 6.47. The highest BCUT2D eigenvalue weighted by Crippen LogP contribution is 2.29. The number of nitrogens with zero attached hydrogens (tertiary/aromatic N) is 1. The van der Waals surface area contributed by atoms with Gasteiger partial charge in [-0.05, 0) is 53.6 Å². The van der Waals surface area contributed by atoms with E-state index in [1.165, 1.54) is 10.5 Å². The molecule has 0 saturated carbocycles. The zero-order valence-electron chi connectivity index (χ0n) is 20.6. The molecule has 7 heteroatoms. The van der Waals surface area contributed by atoms with E-state index in [0.29, 0.717) is 13.2 Å². The van der Waals surface area contributed by atoms with Crippen molar-refractivity contribution < 1.29 is 36.3 Å². The molecule has 4 rings (SSSR count). The zero-order valence-corrected chi connectivity index (χ0v) is 21.3. The van der Waals surface area contributed by atoms with Crippen LogP contribution in [0.5, 0.6) is 17.2 Å². The largest absolute Gasteiger partial charge is 1.00 e. The number of likely N-dealkylation sites (N-methyl/N-ethyl adjacent to an activating group) is 1. The molecule has 0 bridgehead atoms. The molecule has 186 valence electrons. The summed E-state index contributed by atoms with van der Waals surface area (Å²) in [5.74, 6) is 2.42. The van der Waals surface area contributed by atoms with Gasteiger partial charge in [-0.25, -0.2) is 0 Å². The maximum Gasteiger partial charge on any atom is 0.258 e. The van der Waals surface area contributed by atoms with Gasteiger partial charge < -0.3 is 36.4 Å². The number of quaternary nitrogens is 1. The molecule has 3 aromatic carbocycles. The molecule has 1 N–H and O–H groups in total. The second-order valence-electron chi connectivity index (χ2n) is 8.64. The molecule has 0 spiro atoms. The van der Waals surface area contributed by atoms with E-state index >= 15 is 0 Å². The van der Waals surface area contributed by atoms with Gasteiger partial charge in [0.1, 0.15) is 5.75 Å². The van der Waals surface area contributed by atoms with Crippen LogP contribution < -0.4 is 36.4 Å². The van der Waals surface area contributed by atoms with Gasteiger partial charge in [0, 0.05) is 24.1 Å². The fraction of sp³-hybridized carbons (Fsp3) is 0.321. The van der Waals surface area contributed by atoms with Gasteiger partial charge in [-0.1, -0.05) is 24.3 Å². The van der Waals surface area contributed by atoms with Gasteiger partial charge >= 0.3 is 0 Å². The van der Waals surface area contributed by atoms with Crippen molar-refractivity contribution in [3.63, 3.8) is 0 Å². The minimum Gasteiger partial charge on any atom is -1.00 e. The molecule has 0 saturated heterocycles. The van der Waals surface area contributed by atoms with Gasteiger partial charge in [0.15, 0.2) is 11.5 Å². The lowest BCUT2D eigenvalue weighted by Gasteiger charge is -2.17. The molecule has 1 aliphatic rings. The van der Waals surface area contributed by atoms with E-state index in [0.717, 1.165) is 60.0 Å². The van der Waals surface area contributed by atoms with E-state index in [1.54, 1.807) is 14.2 Å². The number of halogens is 1. The zero-order chi connectivity index (χ0) is 23.9. The highest BCUT2D eigenvalue weighted by molar-refractivity contribution is 6.09. The van der Waals surface area contributed by atoms with E-state index in [4.69, 9.17) is 14.2 Å². The van der Waals surface area contributed by atoms with Crippen molar-refractivity contribution >= 4 is 11.6 Å². The molecule has 1 heterocycles. The second-order valence-corrected chi connectivity index (χ2v) is 8.64. The predicted octanol–water partition coefficient (Wildman–Crippen LogP) is 0.395. The maximum absolute atomic E-state index is 12.6. The number of hydrogen-bond donors (Lipinski definition) is 1. The number of amides is 1.